The predicted octanol–water partition coefficient (Wildman–Crippen LogP) is 4.42. The Kier molecular flexibility index (Phi) is 4.87. The molecule has 1 fully saturated rings. The zero-order valence-electron chi connectivity index (χ0n) is 16.7. The van der Waals surface area contributed by atoms with Gasteiger partial charge in [0, 0.05) is 13.1 Å². The van der Waals surface area contributed by atoms with Crippen molar-refractivity contribution in [3.8, 4) is 12.1 Å². The SMILES string of the molecule is CC1(C)N(Cc2ccccc2C#N)C(=O)N(Cc2ccccc2C#N)C1(C)C. The van der Waals surface area contributed by atoms with Gasteiger partial charge in [0.05, 0.1) is 34.3 Å². The van der Waals surface area contributed by atoms with Crippen LogP contribution < -0.4 is 0 Å². The van der Waals surface area contributed by atoms with Crippen molar-refractivity contribution in [1.29, 1.82) is 10.5 Å². The molecule has 0 N–H and O–H groups in total. The number of amides is 2. The van der Waals surface area contributed by atoms with Gasteiger partial charge in [-0.2, -0.15) is 10.5 Å². The van der Waals surface area contributed by atoms with Gasteiger partial charge in [0.2, 0.25) is 0 Å². The summed E-state index contributed by atoms with van der Waals surface area (Å²) < 4.78 is 0. The predicted molar refractivity (Wildman–Crippen MR) is 107 cm³/mol. The van der Waals surface area contributed by atoms with Gasteiger partial charge in [-0.25, -0.2) is 4.79 Å². The fourth-order valence-corrected chi connectivity index (χ4v) is 3.69. The van der Waals surface area contributed by atoms with Crippen LogP contribution in [0.2, 0.25) is 0 Å². The van der Waals surface area contributed by atoms with Crippen molar-refractivity contribution in [3.05, 3.63) is 70.8 Å². The standard InChI is InChI=1S/C23H24N4O/c1-22(2)23(3,4)27(16-20-12-8-6-10-18(20)14-25)21(28)26(22)15-19-11-7-5-9-17(19)13-24/h5-12H,15-16H2,1-4H3. The average Bonchev–Trinajstić information content (AvgIpc) is 2.80. The molecule has 0 bridgehead atoms. The van der Waals surface area contributed by atoms with E-state index >= 15 is 0 Å². The Bertz CT molecular complexity index is 915. The molecule has 0 atom stereocenters. The fraction of sp³-hybridized carbons (Fsp3) is 0.348. The van der Waals surface area contributed by atoms with Crippen molar-refractivity contribution < 1.29 is 4.79 Å². The molecule has 1 saturated heterocycles. The smallest absolute Gasteiger partial charge is 0.313 e. The third-order valence-electron chi connectivity index (χ3n) is 6.24. The van der Waals surface area contributed by atoms with Crippen LogP contribution in [0.5, 0.6) is 0 Å². The zero-order chi connectivity index (χ0) is 20.5. The second-order valence-corrected chi connectivity index (χ2v) is 8.11. The lowest BCUT2D eigenvalue weighted by atomic mass is 9.82. The lowest BCUT2D eigenvalue weighted by Gasteiger charge is -2.42. The van der Waals surface area contributed by atoms with Crippen LogP contribution in [0.15, 0.2) is 48.5 Å². The molecule has 2 aromatic carbocycles. The molecule has 0 saturated carbocycles. The van der Waals surface area contributed by atoms with Gasteiger partial charge in [0.15, 0.2) is 0 Å². The first kappa shape index (κ1) is 19.5. The number of benzene rings is 2. The van der Waals surface area contributed by atoms with E-state index in [0.717, 1.165) is 11.1 Å². The molecule has 0 spiro atoms. The molecule has 0 unspecified atom stereocenters. The second-order valence-electron chi connectivity index (χ2n) is 8.11. The van der Waals surface area contributed by atoms with Crippen molar-refractivity contribution in [2.75, 3.05) is 0 Å². The topological polar surface area (TPSA) is 71.1 Å². The zero-order valence-corrected chi connectivity index (χ0v) is 16.7. The Morgan fingerprint density at radius 3 is 1.46 bits per heavy atom. The summed E-state index contributed by atoms with van der Waals surface area (Å²) in [5, 5.41) is 18.8. The maximum absolute atomic E-state index is 13.4. The minimum absolute atomic E-state index is 0.0875. The van der Waals surface area contributed by atoms with Gasteiger partial charge in [-0.3, -0.25) is 0 Å². The van der Waals surface area contributed by atoms with Crippen LogP contribution in [0, 0.1) is 22.7 Å². The number of nitriles is 2. The van der Waals surface area contributed by atoms with E-state index in [4.69, 9.17) is 0 Å². The lowest BCUT2D eigenvalue weighted by Crippen LogP contribution is -2.53. The first-order chi connectivity index (χ1) is 13.2. The Hall–Kier alpha value is -3.31. The van der Waals surface area contributed by atoms with Gasteiger partial charge in [-0.15, -0.1) is 0 Å². The Labute approximate surface area is 166 Å². The van der Waals surface area contributed by atoms with Crippen LogP contribution in [0.3, 0.4) is 0 Å². The largest absolute Gasteiger partial charge is 0.321 e. The molecule has 1 aliphatic heterocycles. The maximum Gasteiger partial charge on any atom is 0.321 e. The normalized spacial score (nSPS) is 17.3. The molecule has 2 aromatic rings. The van der Waals surface area contributed by atoms with Crippen molar-refractivity contribution in [1.82, 2.24) is 9.80 Å². The van der Waals surface area contributed by atoms with Crippen molar-refractivity contribution in [2.24, 2.45) is 0 Å². The second kappa shape index (κ2) is 7.02. The molecule has 5 nitrogen and oxygen atoms in total. The van der Waals surface area contributed by atoms with Crippen molar-refractivity contribution in [2.45, 2.75) is 51.9 Å². The van der Waals surface area contributed by atoms with E-state index < -0.39 is 11.1 Å². The summed E-state index contributed by atoms with van der Waals surface area (Å²) in [5.74, 6) is 0. The molecule has 1 heterocycles. The molecule has 5 heteroatoms. The highest BCUT2D eigenvalue weighted by molar-refractivity contribution is 5.80. The molecular formula is C23H24N4O. The molecule has 2 amide bonds. The summed E-state index contributed by atoms with van der Waals surface area (Å²) in [6.07, 6.45) is 0. The van der Waals surface area contributed by atoms with Gasteiger partial charge >= 0.3 is 6.03 Å². The first-order valence-electron chi connectivity index (χ1n) is 9.29. The van der Waals surface area contributed by atoms with Crippen LogP contribution in [-0.2, 0) is 13.1 Å². The summed E-state index contributed by atoms with van der Waals surface area (Å²) in [6.45, 7) is 8.95. The van der Waals surface area contributed by atoms with Gasteiger partial charge in [0.1, 0.15) is 0 Å². The summed E-state index contributed by atoms with van der Waals surface area (Å²) in [4.78, 5) is 17.1. The van der Waals surface area contributed by atoms with E-state index in [1.54, 1.807) is 12.1 Å². The average molecular weight is 372 g/mol. The van der Waals surface area contributed by atoms with Gasteiger partial charge < -0.3 is 9.80 Å². The quantitative estimate of drug-likeness (QED) is 0.797. The highest BCUT2D eigenvalue weighted by atomic mass is 16.2. The Morgan fingerprint density at radius 2 is 1.11 bits per heavy atom. The minimum Gasteiger partial charge on any atom is -0.313 e. The van der Waals surface area contributed by atoms with Crippen LogP contribution >= 0.6 is 0 Å². The molecule has 0 aromatic heterocycles. The van der Waals surface area contributed by atoms with Crippen molar-refractivity contribution in [3.63, 3.8) is 0 Å². The van der Waals surface area contributed by atoms with Crippen LogP contribution in [-0.4, -0.2) is 26.9 Å². The van der Waals surface area contributed by atoms with Crippen LogP contribution in [0.4, 0.5) is 4.79 Å². The van der Waals surface area contributed by atoms with E-state index in [2.05, 4.69) is 39.8 Å². The summed E-state index contributed by atoms with van der Waals surface area (Å²) in [6, 6.07) is 19.1. The number of hydrogen-bond acceptors (Lipinski definition) is 3. The molecule has 142 valence electrons. The molecule has 1 aliphatic rings. The fourth-order valence-electron chi connectivity index (χ4n) is 3.69. The van der Waals surface area contributed by atoms with Gasteiger partial charge in [-0.1, -0.05) is 36.4 Å². The highest BCUT2D eigenvalue weighted by Crippen LogP contribution is 2.43. The number of rotatable bonds is 4. The van der Waals surface area contributed by atoms with E-state index in [9.17, 15) is 15.3 Å². The molecule has 28 heavy (non-hydrogen) atoms. The van der Waals surface area contributed by atoms with E-state index in [1.807, 2.05) is 46.2 Å². The summed E-state index contributed by atoms with van der Waals surface area (Å²) in [7, 11) is 0. The number of carbonyl (C=O) groups excluding carboxylic acids is 1. The maximum atomic E-state index is 13.4. The first-order valence-corrected chi connectivity index (χ1v) is 9.29. The van der Waals surface area contributed by atoms with Gasteiger partial charge in [0.25, 0.3) is 0 Å². The van der Waals surface area contributed by atoms with Crippen LogP contribution in [0.1, 0.15) is 49.9 Å². The summed E-state index contributed by atoms with van der Waals surface area (Å²) >= 11 is 0. The molecule has 3 rings (SSSR count). The van der Waals surface area contributed by atoms with Crippen molar-refractivity contribution >= 4 is 6.03 Å². The Balaban J connectivity index is 1.97. The number of carbonyl (C=O) groups is 1. The summed E-state index contributed by atoms with van der Waals surface area (Å²) in [5.41, 5.74) is 1.90. The van der Waals surface area contributed by atoms with Crippen LogP contribution in [0.25, 0.3) is 0 Å². The Morgan fingerprint density at radius 1 is 0.750 bits per heavy atom. The monoisotopic (exact) mass is 372 g/mol. The van der Waals surface area contributed by atoms with Gasteiger partial charge in [-0.05, 0) is 51.0 Å². The third-order valence-corrected chi connectivity index (χ3v) is 6.24. The van der Waals surface area contributed by atoms with E-state index in [1.165, 1.54) is 0 Å². The number of urea groups is 1. The molecule has 0 radical (unpaired) electrons. The molecular weight excluding hydrogens is 348 g/mol. The highest BCUT2D eigenvalue weighted by Gasteiger charge is 2.56. The number of nitrogens with zero attached hydrogens (tertiary/aromatic N) is 4. The number of hydrogen-bond donors (Lipinski definition) is 0. The lowest BCUT2D eigenvalue weighted by molar-refractivity contribution is 0.101. The van der Waals surface area contributed by atoms with E-state index in [-0.39, 0.29) is 6.03 Å². The molecule has 0 aliphatic carbocycles. The van der Waals surface area contributed by atoms with E-state index in [0.29, 0.717) is 24.2 Å². The third kappa shape index (κ3) is 3.00. The minimum atomic E-state index is -0.464.